The fourth-order valence-corrected chi connectivity index (χ4v) is 3.26. The van der Waals surface area contributed by atoms with Gasteiger partial charge in [0.25, 0.3) is 0 Å². The third-order valence-corrected chi connectivity index (χ3v) is 4.33. The highest BCUT2D eigenvalue weighted by atomic mass is 35.5. The van der Waals surface area contributed by atoms with E-state index in [2.05, 4.69) is 4.98 Å². The van der Waals surface area contributed by atoms with Gasteiger partial charge < -0.3 is 4.42 Å². The molecule has 1 aliphatic carbocycles. The molecule has 21 heavy (non-hydrogen) atoms. The molecule has 0 spiro atoms. The Bertz CT molecular complexity index is 757. The molecule has 0 unspecified atom stereocenters. The Hall–Kier alpha value is -1.87. The lowest BCUT2D eigenvalue weighted by atomic mass is 10.0. The molecule has 4 heteroatoms. The van der Waals surface area contributed by atoms with E-state index in [1.54, 1.807) is 0 Å². The summed E-state index contributed by atoms with van der Waals surface area (Å²) in [5.41, 5.74) is 1.89. The summed E-state index contributed by atoms with van der Waals surface area (Å²) in [6, 6.07) is 11.8. The van der Waals surface area contributed by atoms with E-state index < -0.39 is 0 Å². The normalized spacial score (nSPS) is 15.9. The van der Waals surface area contributed by atoms with Crippen LogP contribution in [0.1, 0.15) is 37.3 Å². The predicted molar refractivity (Wildman–Crippen MR) is 83.5 cm³/mol. The van der Waals surface area contributed by atoms with E-state index in [0.717, 1.165) is 16.7 Å². The van der Waals surface area contributed by atoms with Gasteiger partial charge in [-0.3, -0.25) is 0 Å². The van der Waals surface area contributed by atoms with Gasteiger partial charge in [0, 0.05) is 17.0 Å². The number of nitrogens with zero attached hydrogens (tertiary/aromatic N) is 2. The third-order valence-electron chi connectivity index (χ3n) is 4.13. The summed E-state index contributed by atoms with van der Waals surface area (Å²) in [6.07, 6.45) is 4.92. The summed E-state index contributed by atoms with van der Waals surface area (Å²) in [4.78, 5) is 9.02. The van der Waals surface area contributed by atoms with Crippen LogP contribution in [0, 0.1) is 0 Å². The van der Waals surface area contributed by atoms with Crippen LogP contribution in [0.25, 0.3) is 22.6 Å². The average molecular weight is 299 g/mol. The molecule has 4 rings (SSSR count). The van der Waals surface area contributed by atoms with Crippen molar-refractivity contribution in [2.24, 2.45) is 0 Å². The van der Waals surface area contributed by atoms with Crippen molar-refractivity contribution in [1.29, 1.82) is 0 Å². The van der Waals surface area contributed by atoms with Crippen molar-refractivity contribution >= 4 is 22.6 Å². The SMILES string of the molecule is Clc1cc(C2CCCC2)nc(-c2cc3ccccc3o2)n1. The van der Waals surface area contributed by atoms with Crippen molar-refractivity contribution in [3.05, 3.63) is 47.2 Å². The molecule has 1 aromatic carbocycles. The Labute approximate surface area is 128 Å². The van der Waals surface area contributed by atoms with Crippen LogP contribution in [0.4, 0.5) is 0 Å². The minimum atomic E-state index is 0.488. The van der Waals surface area contributed by atoms with Gasteiger partial charge in [-0.15, -0.1) is 0 Å². The number of aromatic nitrogens is 2. The largest absolute Gasteiger partial charge is 0.453 e. The first-order valence-corrected chi connectivity index (χ1v) is 7.71. The maximum absolute atomic E-state index is 6.18. The number of hydrogen-bond donors (Lipinski definition) is 0. The highest BCUT2D eigenvalue weighted by Gasteiger charge is 2.21. The van der Waals surface area contributed by atoms with Crippen LogP contribution in [-0.2, 0) is 0 Å². The second-order valence-corrected chi connectivity index (χ2v) is 5.96. The van der Waals surface area contributed by atoms with Crippen LogP contribution in [0.2, 0.25) is 5.15 Å². The minimum Gasteiger partial charge on any atom is -0.453 e. The fourth-order valence-electron chi connectivity index (χ4n) is 3.07. The van der Waals surface area contributed by atoms with Crippen LogP contribution in [0.5, 0.6) is 0 Å². The molecule has 0 N–H and O–H groups in total. The average Bonchev–Trinajstić information content (AvgIpc) is 3.16. The van der Waals surface area contributed by atoms with Gasteiger partial charge in [-0.25, -0.2) is 9.97 Å². The Morgan fingerprint density at radius 1 is 1.05 bits per heavy atom. The van der Waals surface area contributed by atoms with E-state index in [0.29, 0.717) is 22.7 Å². The van der Waals surface area contributed by atoms with E-state index >= 15 is 0 Å². The van der Waals surface area contributed by atoms with Crippen molar-refractivity contribution in [2.75, 3.05) is 0 Å². The molecule has 0 saturated heterocycles. The van der Waals surface area contributed by atoms with Gasteiger partial charge in [0.05, 0.1) is 0 Å². The molecule has 3 nitrogen and oxygen atoms in total. The summed E-state index contributed by atoms with van der Waals surface area (Å²) in [5.74, 6) is 1.77. The Morgan fingerprint density at radius 3 is 2.67 bits per heavy atom. The number of hydrogen-bond acceptors (Lipinski definition) is 3. The van der Waals surface area contributed by atoms with Gasteiger partial charge in [0.2, 0.25) is 0 Å². The van der Waals surface area contributed by atoms with E-state index in [9.17, 15) is 0 Å². The quantitative estimate of drug-likeness (QED) is 0.610. The lowest BCUT2D eigenvalue weighted by Gasteiger charge is -2.09. The van der Waals surface area contributed by atoms with Gasteiger partial charge in [0.1, 0.15) is 10.7 Å². The Morgan fingerprint density at radius 2 is 1.86 bits per heavy atom. The minimum absolute atomic E-state index is 0.488. The molecule has 1 saturated carbocycles. The molecule has 0 atom stereocenters. The summed E-state index contributed by atoms with van der Waals surface area (Å²) in [6.45, 7) is 0. The topological polar surface area (TPSA) is 38.9 Å². The van der Waals surface area contributed by atoms with E-state index in [1.165, 1.54) is 25.7 Å². The highest BCUT2D eigenvalue weighted by molar-refractivity contribution is 6.29. The van der Waals surface area contributed by atoms with Gasteiger partial charge in [-0.05, 0) is 31.0 Å². The van der Waals surface area contributed by atoms with Crippen LogP contribution >= 0.6 is 11.6 Å². The van der Waals surface area contributed by atoms with E-state index in [4.69, 9.17) is 21.0 Å². The lowest BCUT2D eigenvalue weighted by Crippen LogP contribution is -2.00. The van der Waals surface area contributed by atoms with Crippen LogP contribution in [-0.4, -0.2) is 9.97 Å². The number of benzene rings is 1. The predicted octanol–water partition coefficient (Wildman–Crippen LogP) is 5.20. The molecule has 0 amide bonds. The van der Waals surface area contributed by atoms with Crippen molar-refractivity contribution in [1.82, 2.24) is 9.97 Å². The molecule has 2 heterocycles. The fraction of sp³-hybridized carbons (Fsp3) is 0.294. The van der Waals surface area contributed by atoms with Crippen LogP contribution in [0.15, 0.2) is 40.8 Å². The second kappa shape index (κ2) is 5.15. The number of fused-ring (bicyclic) bond motifs is 1. The number of para-hydroxylation sites is 1. The second-order valence-electron chi connectivity index (χ2n) is 5.57. The molecule has 1 fully saturated rings. The summed E-state index contributed by atoms with van der Waals surface area (Å²) in [7, 11) is 0. The van der Waals surface area contributed by atoms with Crippen molar-refractivity contribution < 1.29 is 4.42 Å². The maximum atomic E-state index is 6.18. The van der Waals surface area contributed by atoms with Crippen molar-refractivity contribution in [2.45, 2.75) is 31.6 Å². The van der Waals surface area contributed by atoms with Crippen molar-refractivity contribution in [3.8, 4) is 11.6 Å². The first kappa shape index (κ1) is 12.8. The lowest BCUT2D eigenvalue weighted by molar-refractivity contribution is 0.621. The molecule has 0 aliphatic heterocycles. The maximum Gasteiger partial charge on any atom is 0.197 e. The molecule has 0 bridgehead atoms. The summed E-state index contributed by atoms with van der Waals surface area (Å²) >= 11 is 6.18. The summed E-state index contributed by atoms with van der Waals surface area (Å²) < 4.78 is 5.84. The van der Waals surface area contributed by atoms with Gasteiger partial charge in [0.15, 0.2) is 11.6 Å². The van der Waals surface area contributed by atoms with Gasteiger partial charge >= 0.3 is 0 Å². The van der Waals surface area contributed by atoms with Gasteiger partial charge in [-0.2, -0.15) is 0 Å². The van der Waals surface area contributed by atoms with E-state index in [-0.39, 0.29) is 0 Å². The molecular weight excluding hydrogens is 284 g/mol. The highest BCUT2D eigenvalue weighted by Crippen LogP contribution is 2.35. The molecule has 3 aromatic rings. The first-order valence-electron chi connectivity index (χ1n) is 7.33. The zero-order valence-electron chi connectivity index (χ0n) is 11.6. The molecule has 0 radical (unpaired) electrons. The third kappa shape index (κ3) is 2.42. The molecular formula is C17H15ClN2O. The molecule has 2 aromatic heterocycles. The van der Waals surface area contributed by atoms with E-state index in [1.807, 2.05) is 36.4 Å². The summed E-state index contributed by atoms with van der Waals surface area (Å²) in [5, 5.41) is 1.54. The van der Waals surface area contributed by atoms with Gasteiger partial charge in [-0.1, -0.05) is 42.6 Å². The van der Waals surface area contributed by atoms with Crippen molar-refractivity contribution in [3.63, 3.8) is 0 Å². The standard InChI is InChI=1S/C17H15ClN2O/c18-16-10-13(11-5-1-2-6-11)19-17(20-16)15-9-12-7-3-4-8-14(12)21-15/h3-4,7-11H,1-2,5-6H2. The monoisotopic (exact) mass is 298 g/mol. The van der Waals surface area contributed by atoms with Crippen LogP contribution < -0.4 is 0 Å². The number of halogens is 1. The number of rotatable bonds is 2. The first-order chi connectivity index (χ1) is 10.3. The molecule has 106 valence electrons. The number of furan rings is 1. The zero-order valence-corrected chi connectivity index (χ0v) is 12.3. The zero-order chi connectivity index (χ0) is 14.2. The smallest absolute Gasteiger partial charge is 0.197 e. The molecule has 1 aliphatic rings. The Kier molecular flexibility index (Phi) is 3.15. The van der Waals surface area contributed by atoms with Crippen LogP contribution in [0.3, 0.4) is 0 Å². The Balaban J connectivity index is 1.79.